The molecular weight excluding hydrogens is 434 g/mol. The number of anilines is 2. The van der Waals surface area contributed by atoms with Crippen molar-refractivity contribution < 1.29 is 23.9 Å². The van der Waals surface area contributed by atoms with Crippen molar-refractivity contribution in [3.05, 3.63) is 39.9 Å². The Kier molecular flexibility index (Phi) is 7.54. The van der Waals surface area contributed by atoms with E-state index in [1.807, 2.05) is 0 Å². The maximum absolute atomic E-state index is 12.9. The highest BCUT2D eigenvalue weighted by atomic mass is 32.1. The molecule has 0 aromatic carbocycles. The molecule has 3 heterocycles. The molecule has 0 fully saturated rings. The van der Waals surface area contributed by atoms with Gasteiger partial charge in [-0.05, 0) is 37.6 Å². The molecule has 1 aliphatic heterocycles. The van der Waals surface area contributed by atoms with Gasteiger partial charge in [0.2, 0.25) is 5.91 Å². The van der Waals surface area contributed by atoms with Crippen molar-refractivity contribution in [3.63, 3.8) is 0 Å². The summed E-state index contributed by atoms with van der Waals surface area (Å²) in [5.74, 6) is -1.14. The molecule has 3 rings (SSSR count). The van der Waals surface area contributed by atoms with Crippen molar-refractivity contribution >= 4 is 46.0 Å². The van der Waals surface area contributed by atoms with Gasteiger partial charge in [-0.3, -0.25) is 24.6 Å². The number of amides is 4. The molecule has 0 aliphatic carbocycles. The van der Waals surface area contributed by atoms with E-state index in [1.165, 1.54) is 36.6 Å². The van der Waals surface area contributed by atoms with E-state index in [0.717, 1.165) is 23.5 Å². The second kappa shape index (κ2) is 10.3. The molecule has 2 aromatic heterocycles. The van der Waals surface area contributed by atoms with Gasteiger partial charge < -0.3 is 15.4 Å². The lowest BCUT2D eigenvalue weighted by Crippen LogP contribution is -2.34. The van der Waals surface area contributed by atoms with E-state index in [2.05, 4.69) is 32.8 Å². The van der Waals surface area contributed by atoms with Crippen LogP contribution in [0.4, 0.5) is 15.6 Å². The van der Waals surface area contributed by atoms with Crippen molar-refractivity contribution in [3.8, 4) is 0 Å². The molecule has 32 heavy (non-hydrogen) atoms. The number of alkyl carbamates (subject to hydrolysis) is 1. The van der Waals surface area contributed by atoms with Gasteiger partial charge in [0, 0.05) is 36.7 Å². The third-order valence-electron chi connectivity index (χ3n) is 4.85. The number of carbonyl (C=O) groups is 4. The summed E-state index contributed by atoms with van der Waals surface area (Å²) in [7, 11) is 0. The van der Waals surface area contributed by atoms with Crippen molar-refractivity contribution in [2.75, 3.05) is 30.3 Å². The fourth-order valence-corrected chi connectivity index (χ4v) is 4.66. The topological polar surface area (TPSA) is 130 Å². The predicted molar refractivity (Wildman–Crippen MR) is 120 cm³/mol. The first-order chi connectivity index (χ1) is 15.3. The average molecular weight is 460 g/mol. The number of ether oxygens (including phenoxy) is 1. The highest BCUT2D eigenvalue weighted by Gasteiger charge is 2.29. The zero-order chi connectivity index (χ0) is 23.3. The third kappa shape index (κ3) is 5.48. The number of thiophene rings is 1. The first-order valence-corrected chi connectivity index (χ1v) is 11.0. The molecule has 3 N–H and O–H groups in total. The van der Waals surface area contributed by atoms with Crippen molar-refractivity contribution in [1.29, 1.82) is 0 Å². The minimum absolute atomic E-state index is 0.134. The van der Waals surface area contributed by atoms with E-state index in [4.69, 9.17) is 4.74 Å². The zero-order valence-electron chi connectivity index (χ0n) is 18.1. The van der Waals surface area contributed by atoms with E-state index >= 15 is 0 Å². The van der Waals surface area contributed by atoms with Gasteiger partial charge in [0.1, 0.15) is 10.8 Å². The van der Waals surface area contributed by atoms with Crippen LogP contribution in [-0.4, -0.2) is 53.4 Å². The van der Waals surface area contributed by atoms with Gasteiger partial charge in [0.15, 0.2) is 0 Å². The number of hydrogen-bond acceptors (Lipinski definition) is 8. The molecule has 0 saturated heterocycles. The summed E-state index contributed by atoms with van der Waals surface area (Å²) in [6.45, 7) is 7.49. The summed E-state index contributed by atoms with van der Waals surface area (Å²) in [6, 6.07) is 2.95. The fourth-order valence-electron chi connectivity index (χ4n) is 3.37. The van der Waals surface area contributed by atoms with Crippen molar-refractivity contribution in [2.24, 2.45) is 0 Å². The van der Waals surface area contributed by atoms with Crippen LogP contribution in [0.3, 0.4) is 0 Å². The van der Waals surface area contributed by atoms with Crippen molar-refractivity contribution in [1.82, 2.24) is 15.2 Å². The Morgan fingerprint density at radius 2 is 1.97 bits per heavy atom. The van der Waals surface area contributed by atoms with Gasteiger partial charge in [-0.25, -0.2) is 9.78 Å². The number of rotatable bonds is 6. The molecule has 0 unspecified atom stereocenters. The number of likely N-dealkylation sites (N-methyl/N-ethyl adjacent to an activating group) is 1. The summed E-state index contributed by atoms with van der Waals surface area (Å²) in [6.07, 6.45) is 1.20. The summed E-state index contributed by atoms with van der Waals surface area (Å²) in [5.41, 5.74) is 1.37. The highest BCUT2D eigenvalue weighted by Crippen LogP contribution is 2.37. The quantitative estimate of drug-likeness (QED) is 0.605. The molecule has 0 bridgehead atoms. The van der Waals surface area contributed by atoms with Gasteiger partial charge in [-0.2, -0.15) is 0 Å². The molecule has 170 valence electrons. The lowest BCUT2D eigenvalue weighted by Gasteiger charge is -2.25. The molecule has 0 radical (unpaired) electrons. The predicted octanol–water partition coefficient (Wildman–Crippen LogP) is 2.62. The van der Waals surface area contributed by atoms with Crippen LogP contribution >= 0.6 is 11.3 Å². The zero-order valence-corrected chi connectivity index (χ0v) is 18.9. The Balaban J connectivity index is 1.90. The van der Waals surface area contributed by atoms with Gasteiger partial charge in [0.05, 0.1) is 12.2 Å². The van der Waals surface area contributed by atoms with Crippen LogP contribution in [0.15, 0.2) is 18.3 Å². The molecule has 0 spiro atoms. The number of aromatic nitrogens is 1. The minimum atomic E-state index is -0.838. The first kappa shape index (κ1) is 23.4. The van der Waals surface area contributed by atoms with Gasteiger partial charge in [-0.15, -0.1) is 11.3 Å². The van der Waals surface area contributed by atoms with E-state index in [0.29, 0.717) is 18.0 Å². The molecule has 1 aliphatic rings. The summed E-state index contributed by atoms with van der Waals surface area (Å²) in [5, 5.41) is 7.91. The largest absolute Gasteiger partial charge is 0.450 e. The number of nitrogens with zero attached hydrogens (tertiary/aromatic N) is 2. The highest BCUT2D eigenvalue weighted by molar-refractivity contribution is 7.17. The SMILES string of the molecule is CCOC(=O)NC(=O)c1c(NC(=O)c2ccnc(NC(C)=O)c2)sc2c1CCN(CC)C2. The Morgan fingerprint density at radius 3 is 2.66 bits per heavy atom. The van der Waals surface area contributed by atoms with Crippen LogP contribution in [0.5, 0.6) is 0 Å². The van der Waals surface area contributed by atoms with Crippen LogP contribution in [-0.2, 0) is 22.5 Å². The van der Waals surface area contributed by atoms with Crippen LogP contribution in [0.1, 0.15) is 51.9 Å². The minimum Gasteiger partial charge on any atom is -0.450 e. The molecule has 0 atom stereocenters. The van der Waals surface area contributed by atoms with Gasteiger partial charge in [0.25, 0.3) is 11.8 Å². The molecule has 2 aromatic rings. The maximum atomic E-state index is 12.9. The summed E-state index contributed by atoms with van der Waals surface area (Å²) < 4.78 is 4.82. The lowest BCUT2D eigenvalue weighted by atomic mass is 10.0. The Hall–Kier alpha value is -3.31. The second-order valence-corrected chi connectivity index (χ2v) is 8.17. The van der Waals surface area contributed by atoms with Crippen LogP contribution < -0.4 is 16.0 Å². The number of carbonyl (C=O) groups excluding carboxylic acids is 4. The lowest BCUT2D eigenvalue weighted by molar-refractivity contribution is -0.114. The molecule has 11 heteroatoms. The van der Waals surface area contributed by atoms with Crippen LogP contribution in [0.25, 0.3) is 0 Å². The summed E-state index contributed by atoms with van der Waals surface area (Å²) >= 11 is 1.32. The Bertz CT molecular complexity index is 1050. The second-order valence-electron chi connectivity index (χ2n) is 7.07. The molecule has 10 nitrogen and oxygen atoms in total. The molecule has 4 amide bonds. The normalized spacial score (nSPS) is 13.1. The summed E-state index contributed by atoms with van der Waals surface area (Å²) in [4.78, 5) is 56.1. The average Bonchev–Trinajstić information content (AvgIpc) is 3.10. The van der Waals surface area contributed by atoms with E-state index in [-0.39, 0.29) is 29.5 Å². The number of pyridine rings is 1. The smallest absolute Gasteiger partial charge is 0.414 e. The van der Waals surface area contributed by atoms with E-state index in [1.54, 1.807) is 6.92 Å². The van der Waals surface area contributed by atoms with Crippen LogP contribution in [0.2, 0.25) is 0 Å². The Morgan fingerprint density at radius 1 is 1.19 bits per heavy atom. The number of fused-ring (bicyclic) bond motifs is 1. The fraction of sp³-hybridized carbons (Fsp3) is 0.381. The molecular formula is C21H25N5O5S. The van der Waals surface area contributed by atoms with Crippen molar-refractivity contribution in [2.45, 2.75) is 33.7 Å². The third-order valence-corrected chi connectivity index (χ3v) is 5.99. The maximum Gasteiger partial charge on any atom is 0.414 e. The number of hydrogen-bond donors (Lipinski definition) is 3. The van der Waals surface area contributed by atoms with Crippen LogP contribution in [0, 0.1) is 0 Å². The van der Waals surface area contributed by atoms with Gasteiger partial charge in [-0.1, -0.05) is 6.92 Å². The number of imide groups is 1. The Labute approximate surface area is 189 Å². The van der Waals surface area contributed by atoms with E-state index < -0.39 is 17.9 Å². The van der Waals surface area contributed by atoms with Gasteiger partial charge >= 0.3 is 6.09 Å². The monoisotopic (exact) mass is 459 g/mol. The number of nitrogens with one attached hydrogen (secondary N) is 3. The van der Waals surface area contributed by atoms with E-state index in [9.17, 15) is 19.2 Å². The first-order valence-electron chi connectivity index (χ1n) is 10.2. The molecule has 0 saturated carbocycles. The standard InChI is InChI=1S/C21H25N5O5S/c1-4-26-9-7-14-15(11-26)32-20(17(14)19(29)25-21(30)31-5-2)24-18(28)13-6-8-22-16(10-13)23-12(3)27/h6,8,10H,4-5,7,9,11H2,1-3H3,(H,24,28)(H,22,23,27)(H,25,29,30).